The fourth-order valence-corrected chi connectivity index (χ4v) is 2.45. The summed E-state index contributed by atoms with van der Waals surface area (Å²) in [6.07, 6.45) is 0. The molecule has 0 atom stereocenters. The summed E-state index contributed by atoms with van der Waals surface area (Å²) in [5.74, 6) is -0.392. The van der Waals surface area contributed by atoms with Crippen LogP contribution >= 0.6 is 0 Å². The number of hydrogen-bond acceptors (Lipinski definition) is 4. The molecule has 2 N–H and O–H groups in total. The summed E-state index contributed by atoms with van der Waals surface area (Å²) in [5.41, 5.74) is 2.16. The molecular weight excluding hydrogens is 294 g/mol. The minimum Gasteiger partial charge on any atom is -0.348 e. The third-order valence-electron chi connectivity index (χ3n) is 3.54. The first kappa shape index (κ1) is 15.0. The number of aromatic nitrogens is 4. The second-order valence-electron chi connectivity index (χ2n) is 5.34. The lowest BCUT2D eigenvalue weighted by Crippen LogP contribution is -2.30. The highest BCUT2D eigenvalue weighted by molar-refractivity contribution is 5.92. The number of amides is 1. The summed E-state index contributed by atoms with van der Waals surface area (Å²) in [4.78, 5) is 30.8. The van der Waals surface area contributed by atoms with Gasteiger partial charge in [-0.15, -0.1) is 0 Å². The van der Waals surface area contributed by atoms with Crippen molar-refractivity contribution in [1.82, 2.24) is 25.1 Å². The molecule has 0 saturated heterocycles. The normalized spacial score (nSPS) is 10.9. The zero-order chi connectivity index (χ0) is 16.4. The Morgan fingerprint density at radius 1 is 1.30 bits per heavy atom. The SMILES string of the molecule is Cc1cc(C)n(CCNC(=O)c2nc3ccccc3c(=O)[nH]2)n1. The highest BCUT2D eigenvalue weighted by Gasteiger charge is 2.11. The molecule has 0 unspecified atom stereocenters. The second-order valence-corrected chi connectivity index (χ2v) is 5.34. The van der Waals surface area contributed by atoms with Crippen LogP contribution in [0.1, 0.15) is 22.0 Å². The molecule has 2 aromatic heterocycles. The maximum absolute atomic E-state index is 12.1. The lowest BCUT2D eigenvalue weighted by Gasteiger charge is -2.07. The minimum absolute atomic E-state index is 0.0158. The molecule has 118 valence electrons. The molecule has 0 aliphatic heterocycles. The molecule has 0 aliphatic rings. The third kappa shape index (κ3) is 3.13. The Hall–Kier alpha value is -2.96. The topological polar surface area (TPSA) is 92.7 Å². The molecule has 0 fully saturated rings. The van der Waals surface area contributed by atoms with Crippen LogP contribution in [0.25, 0.3) is 10.9 Å². The molecular formula is C16H17N5O2. The minimum atomic E-state index is -0.408. The van der Waals surface area contributed by atoms with Crippen LogP contribution in [0.4, 0.5) is 0 Å². The third-order valence-corrected chi connectivity index (χ3v) is 3.54. The van der Waals surface area contributed by atoms with Crippen LogP contribution in [-0.4, -0.2) is 32.2 Å². The van der Waals surface area contributed by atoms with Gasteiger partial charge in [-0.25, -0.2) is 4.98 Å². The second kappa shape index (κ2) is 6.04. The molecule has 0 bridgehead atoms. The maximum Gasteiger partial charge on any atom is 0.287 e. The van der Waals surface area contributed by atoms with Gasteiger partial charge in [0.05, 0.1) is 23.1 Å². The molecule has 0 saturated carbocycles. The van der Waals surface area contributed by atoms with Crippen LogP contribution in [0.5, 0.6) is 0 Å². The summed E-state index contributed by atoms with van der Waals surface area (Å²) in [6.45, 7) is 4.84. The van der Waals surface area contributed by atoms with E-state index in [1.165, 1.54) is 0 Å². The predicted molar refractivity (Wildman–Crippen MR) is 86.4 cm³/mol. The highest BCUT2D eigenvalue weighted by atomic mass is 16.2. The van der Waals surface area contributed by atoms with Gasteiger partial charge in [-0.1, -0.05) is 12.1 Å². The number of aromatic amines is 1. The Kier molecular flexibility index (Phi) is 3.92. The quantitative estimate of drug-likeness (QED) is 0.756. The fourth-order valence-electron chi connectivity index (χ4n) is 2.45. The molecule has 7 nitrogen and oxygen atoms in total. The number of hydrogen-bond donors (Lipinski definition) is 2. The zero-order valence-electron chi connectivity index (χ0n) is 13.0. The van der Waals surface area contributed by atoms with Crippen LogP contribution in [0.2, 0.25) is 0 Å². The first-order chi connectivity index (χ1) is 11.0. The number of aryl methyl sites for hydroxylation is 2. The number of nitrogens with zero attached hydrogens (tertiary/aromatic N) is 3. The van der Waals surface area contributed by atoms with Crippen LogP contribution in [0.3, 0.4) is 0 Å². The Morgan fingerprint density at radius 2 is 2.09 bits per heavy atom. The van der Waals surface area contributed by atoms with Gasteiger partial charge in [0.2, 0.25) is 0 Å². The first-order valence-electron chi connectivity index (χ1n) is 7.33. The summed E-state index contributed by atoms with van der Waals surface area (Å²) >= 11 is 0. The number of carbonyl (C=O) groups is 1. The van der Waals surface area contributed by atoms with Crippen LogP contribution in [-0.2, 0) is 6.54 Å². The van der Waals surface area contributed by atoms with E-state index in [1.807, 2.05) is 24.6 Å². The predicted octanol–water partition coefficient (Wildman–Crippen LogP) is 1.17. The number of fused-ring (bicyclic) bond motifs is 1. The maximum atomic E-state index is 12.1. The summed E-state index contributed by atoms with van der Waals surface area (Å²) in [6, 6.07) is 8.89. The molecule has 7 heteroatoms. The molecule has 0 radical (unpaired) electrons. The van der Waals surface area contributed by atoms with E-state index in [2.05, 4.69) is 20.4 Å². The van der Waals surface area contributed by atoms with Gasteiger partial charge < -0.3 is 10.3 Å². The average molecular weight is 311 g/mol. The lowest BCUT2D eigenvalue weighted by molar-refractivity contribution is 0.0941. The van der Waals surface area contributed by atoms with E-state index in [-0.39, 0.29) is 11.4 Å². The fraction of sp³-hybridized carbons (Fsp3) is 0.250. The van der Waals surface area contributed by atoms with Crippen LogP contribution in [0, 0.1) is 13.8 Å². The van der Waals surface area contributed by atoms with Gasteiger partial charge in [-0.3, -0.25) is 14.3 Å². The molecule has 1 amide bonds. The van der Waals surface area contributed by atoms with Gasteiger partial charge >= 0.3 is 0 Å². The van der Waals surface area contributed by atoms with Gasteiger partial charge in [-0.2, -0.15) is 5.10 Å². The van der Waals surface area contributed by atoms with Gasteiger partial charge in [0.1, 0.15) is 0 Å². The molecule has 0 spiro atoms. The van der Waals surface area contributed by atoms with Crippen molar-refractivity contribution in [2.45, 2.75) is 20.4 Å². The Labute approximate surface area is 132 Å². The monoisotopic (exact) mass is 311 g/mol. The summed E-state index contributed by atoms with van der Waals surface area (Å²) < 4.78 is 1.83. The standard InChI is InChI=1S/C16H17N5O2/c1-10-9-11(2)21(20-10)8-7-17-16(23)14-18-13-6-4-3-5-12(13)15(22)19-14/h3-6,9H,7-8H2,1-2H3,(H,17,23)(H,18,19,22). The smallest absolute Gasteiger partial charge is 0.287 e. The summed E-state index contributed by atoms with van der Waals surface area (Å²) in [7, 11) is 0. The summed E-state index contributed by atoms with van der Waals surface area (Å²) in [5, 5.41) is 7.53. The van der Waals surface area contributed by atoms with Crippen molar-refractivity contribution in [2.24, 2.45) is 0 Å². The molecule has 3 rings (SSSR count). The molecule has 3 aromatic rings. The van der Waals surface area contributed by atoms with Crippen molar-refractivity contribution < 1.29 is 4.79 Å². The van der Waals surface area contributed by atoms with Crippen LogP contribution < -0.4 is 10.9 Å². The van der Waals surface area contributed by atoms with E-state index in [1.54, 1.807) is 24.3 Å². The first-order valence-corrected chi connectivity index (χ1v) is 7.33. The van der Waals surface area contributed by atoms with Crippen molar-refractivity contribution in [3.05, 3.63) is 57.9 Å². The number of nitrogens with one attached hydrogen (secondary N) is 2. The van der Waals surface area contributed by atoms with Crippen molar-refractivity contribution >= 4 is 16.8 Å². The Balaban J connectivity index is 1.71. The number of benzene rings is 1. The van der Waals surface area contributed by atoms with Gasteiger partial charge in [0.15, 0.2) is 5.82 Å². The molecule has 0 aliphatic carbocycles. The molecule has 23 heavy (non-hydrogen) atoms. The van der Waals surface area contributed by atoms with Gasteiger partial charge in [-0.05, 0) is 32.0 Å². The Bertz CT molecular complexity index is 926. The van der Waals surface area contributed by atoms with Crippen LogP contribution in [0.15, 0.2) is 35.1 Å². The zero-order valence-corrected chi connectivity index (χ0v) is 13.0. The van der Waals surface area contributed by atoms with Crippen molar-refractivity contribution in [1.29, 1.82) is 0 Å². The van der Waals surface area contributed by atoms with Gasteiger partial charge in [0, 0.05) is 12.2 Å². The lowest BCUT2D eigenvalue weighted by atomic mass is 10.2. The van der Waals surface area contributed by atoms with Crippen molar-refractivity contribution in [3.63, 3.8) is 0 Å². The highest BCUT2D eigenvalue weighted by Crippen LogP contribution is 2.05. The van der Waals surface area contributed by atoms with E-state index in [0.29, 0.717) is 24.0 Å². The van der Waals surface area contributed by atoms with E-state index >= 15 is 0 Å². The van der Waals surface area contributed by atoms with Gasteiger partial charge in [0.25, 0.3) is 11.5 Å². The molecule has 1 aromatic carbocycles. The van der Waals surface area contributed by atoms with Crippen molar-refractivity contribution in [2.75, 3.05) is 6.54 Å². The Morgan fingerprint density at radius 3 is 2.83 bits per heavy atom. The van der Waals surface area contributed by atoms with E-state index in [4.69, 9.17) is 0 Å². The molecule has 2 heterocycles. The largest absolute Gasteiger partial charge is 0.348 e. The number of para-hydroxylation sites is 1. The average Bonchev–Trinajstić information content (AvgIpc) is 2.85. The van der Waals surface area contributed by atoms with E-state index in [9.17, 15) is 9.59 Å². The van der Waals surface area contributed by atoms with E-state index < -0.39 is 5.91 Å². The van der Waals surface area contributed by atoms with E-state index in [0.717, 1.165) is 11.4 Å². The number of rotatable bonds is 4. The number of carbonyl (C=O) groups excluding carboxylic acids is 1. The van der Waals surface area contributed by atoms with Crippen molar-refractivity contribution in [3.8, 4) is 0 Å². The number of H-pyrrole nitrogens is 1.